The van der Waals surface area contributed by atoms with Gasteiger partial charge < -0.3 is 61.9 Å². The zero-order valence-electron chi connectivity index (χ0n) is 45.9. The largest absolute Gasteiger partial charge is 0.489 e. The van der Waals surface area contributed by atoms with Crippen LogP contribution in [0.25, 0.3) is 10.9 Å². The highest BCUT2D eigenvalue weighted by atomic mass is 16.6. The monoisotopic (exact) mass is 1110 g/mol. The lowest BCUT2D eigenvalue weighted by Gasteiger charge is -2.40. The van der Waals surface area contributed by atoms with Gasteiger partial charge in [0.05, 0.1) is 6.54 Å². The third kappa shape index (κ3) is 14.1. The minimum Gasteiger partial charge on any atom is -0.489 e. The highest BCUT2D eigenvalue weighted by Gasteiger charge is 2.48. The molecule has 5 aromatic carbocycles. The molecule has 0 spiro atoms. The molecule has 7 atom stereocenters. The number of aromatic amines is 1. The number of hydrogen-bond acceptors (Lipinski definition) is 11. The highest BCUT2D eigenvalue weighted by Crippen LogP contribution is 2.31. The third-order valence-electron chi connectivity index (χ3n) is 16.2. The number of ether oxygens (including phenoxy) is 2. The molecule has 5 heterocycles. The molecule has 1 unspecified atom stereocenters. The number of rotatable bonds is 15. The van der Waals surface area contributed by atoms with Crippen molar-refractivity contribution in [3.8, 4) is 5.75 Å². The van der Waals surface area contributed by atoms with Crippen molar-refractivity contribution in [3.63, 3.8) is 0 Å². The Morgan fingerprint density at radius 3 is 2.02 bits per heavy atom. The molecule has 3 fully saturated rings. The van der Waals surface area contributed by atoms with Gasteiger partial charge in [-0.15, -0.1) is 0 Å². The number of aryl methyl sites for hydroxylation is 1. The normalized spacial score (nSPS) is 23.0. The van der Waals surface area contributed by atoms with Gasteiger partial charge in [-0.2, -0.15) is 0 Å². The molecule has 4 aliphatic heterocycles. The first-order chi connectivity index (χ1) is 40.0. The Balaban J connectivity index is 1.05. The standard InChI is InChI=1S/C63H72N10O9/c64-27-30-66-63(80)82-48-35-55-60(77)68-51(24-21-40-11-3-1-4-12-40)57(74)70-53(33-46-36-67-50-18-10-9-17-49(46)50)59(76)69-52(31-42-25-28-65-29-26-42)58(75)71-54(32-41-19-22-47(23-20-41)81-39-43-13-5-2-6-14-43)61(78)72-37-45-16-8-7-15-44(45)34-56(72)62(79)73(55)38-48/h1-20,22-23,36,42,48,51-56,65,67H,21,24-35,37-39,64H2,(H,66,80)(H,68,77)(H,69,76)(H,70,74)(H,71,75)/t48?,51-,52-,53+,54-,55-,56-/m0/s1. The lowest BCUT2D eigenvalue weighted by molar-refractivity contribution is -0.151. The van der Waals surface area contributed by atoms with E-state index in [1.807, 2.05) is 121 Å². The molecule has 428 valence electrons. The van der Waals surface area contributed by atoms with Crippen LogP contribution in [0.5, 0.6) is 5.75 Å². The number of carbonyl (C=O) groups excluding carboxylic acids is 7. The number of benzene rings is 5. The van der Waals surface area contributed by atoms with E-state index in [1.165, 1.54) is 9.80 Å². The second kappa shape index (κ2) is 26.8. The van der Waals surface area contributed by atoms with Crippen LogP contribution in [0, 0.1) is 5.92 Å². The van der Waals surface area contributed by atoms with Gasteiger partial charge in [-0.25, -0.2) is 4.79 Å². The van der Waals surface area contributed by atoms with Crippen LogP contribution in [0.15, 0.2) is 140 Å². The summed E-state index contributed by atoms with van der Waals surface area (Å²) in [5, 5.41) is 18.9. The molecule has 0 radical (unpaired) electrons. The number of hydrogen-bond donors (Lipinski definition) is 8. The summed E-state index contributed by atoms with van der Waals surface area (Å²) in [5.74, 6) is -3.12. The Morgan fingerprint density at radius 1 is 0.622 bits per heavy atom. The van der Waals surface area contributed by atoms with Crippen molar-refractivity contribution in [2.45, 2.75) is 113 Å². The van der Waals surface area contributed by atoms with Crippen LogP contribution in [-0.4, -0.2) is 131 Å². The van der Waals surface area contributed by atoms with Crippen LogP contribution in [0.1, 0.15) is 65.5 Å². The number of alkyl carbamates (subject to hydrolysis) is 1. The lowest BCUT2D eigenvalue weighted by Crippen LogP contribution is -2.63. The van der Waals surface area contributed by atoms with Gasteiger partial charge in [-0.1, -0.05) is 115 Å². The van der Waals surface area contributed by atoms with Crippen LogP contribution >= 0.6 is 0 Å². The quantitative estimate of drug-likeness (QED) is 0.0726. The van der Waals surface area contributed by atoms with Crippen molar-refractivity contribution in [1.29, 1.82) is 0 Å². The molecule has 9 N–H and O–H groups in total. The summed E-state index contributed by atoms with van der Waals surface area (Å²) < 4.78 is 11.9. The number of carbonyl (C=O) groups is 7. The number of amides is 7. The molecule has 0 aliphatic carbocycles. The zero-order chi connectivity index (χ0) is 57.0. The van der Waals surface area contributed by atoms with E-state index >= 15 is 28.8 Å². The predicted octanol–water partition coefficient (Wildman–Crippen LogP) is 4.12. The zero-order valence-corrected chi connectivity index (χ0v) is 45.9. The summed E-state index contributed by atoms with van der Waals surface area (Å²) in [6.07, 6.45) is 2.10. The Bertz CT molecular complexity index is 3210. The van der Waals surface area contributed by atoms with Crippen molar-refractivity contribution in [2.24, 2.45) is 11.7 Å². The van der Waals surface area contributed by atoms with E-state index in [1.54, 1.807) is 18.3 Å². The summed E-state index contributed by atoms with van der Waals surface area (Å²) in [7, 11) is 0. The fourth-order valence-corrected chi connectivity index (χ4v) is 11.7. The molecular weight excluding hydrogens is 1040 g/mol. The van der Waals surface area contributed by atoms with E-state index < -0.39 is 83.9 Å². The van der Waals surface area contributed by atoms with Gasteiger partial charge >= 0.3 is 6.09 Å². The van der Waals surface area contributed by atoms with Gasteiger partial charge in [0.1, 0.15) is 54.7 Å². The van der Waals surface area contributed by atoms with E-state index in [0.29, 0.717) is 37.4 Å². The topological polar surface area (TPSA) is 258 Å². The number of nitrogens with two attached hydrogens (primary N) is 1. The summed E-state index contributed by atoms with van der Waals surface area (Å²) in [4.78, 5) is 112. The number of para-hydroxylation sites is 1. The maximum absolute atomic E-state index is 15.8. The second-order valence-corrected chi connectivity index (χ2v) is 21.8. The number of piperidine rings is 1. The molecule has 0 bridgehead atoms. The highest BCUT2D eigenvalue weighted by molar-refractivity contribution is 5.99. The Hall–Kier alpha value is -8.55. The van der Waals surface area contributed by atoms with Crippen LogP contribution < -0.4 is 42.4 Å². The second-order valence-electron chi connectivity index (χ2n) is 21.8. The maximum Gasteiger partial charge on any atom is 0.407 e. The first kappa shape index (κ1) is 56.7. The molecule has 82 heavy (non-hydrogen) atoms. The van der Waals surface area contributed by atoms with Gasteiger partial charge in [0, 0.05) is 62.4 Å². The lowest BCUT2D eigenvalue weighted by atomic mass is 9.90. The maximum atomic E-state index is 15.8. The number of aromatic nitrogens is 1. The number of fused-ring (bicyclic) bond motifs is 4. The van der Waals surface area contributed by atoms with Crippen molar-refractivity contribution in [2.75, 3.05) is 32.7 Å². The van der Waals surface area contributed by atoms with Crippen LogP contribution in [0.3, 0.4) is 0 Å². The number of H-pyrrole nitrogens is 1. The smallest absolute Gasteiger partial charge is 0.407 e. The summed E-state index contributed by atoms with van der Waals surface area (Å²) in [5.41, 5.74) is 11.4. The van der Waals surface area contributed by atoms with Gasteiger partial charge in [-0.05, 0) is 103 Å². The van der Waals surface area contributed by atoms with E-state index in [9.17, 15) is 4.79 Å². The fraction of sp³-hybridized carbons (Fsp3) is 0.381. The molecule has 19 heteroatoms. The fourth-order valence-electron chi connectivity index (χ4n) is 11.7. The minimum absolute atomic E-state index is 0.00274. The molecule has 0 saturated carbocycles. The van der Waals surface area contributed by atoms with E-state index in [4.69, 9.17) is 15.2 Å². The van der Waals surface area contributed by atoms with E-state index in [2.05, 4.69) is 36.9 Å². The predicted molar refractivity (Wildman–Crippen MR) is 308 cm³/mol. The summed E-state index contributed by atoms with van der Waals surface area (Å²) >= 11 is 0. The Morgan fingerprint density at radius 2 is 1.27 bits per heavy atom. The van der Waals surface area contributed by atoms with Crippen molar-refractivity contribution < 1.29 is 43.0 Å². The summed E-state index contributed by atoms with van der Waals surface area (Å²) in [6, 6.07) is 34.1. The van der Waals surface area contributed by atoms with Gasteiger partial charge in [0.2, 0.25) is 35.4 Å². The molecule has 1 aromatic heterocycles. The van der Waals surface area contributed by atoms with E-state index in [-0.39, 0.29) is 70.6 Å². The first-order valence-electron chi connectivity index (χ1n) is 28.6. The van der Waals surface area contributed by atoms with Crippen molar-refractivity contribution >= 4 is 52.4 Å². The molecular formula is C63H72N10O9. The van der Waals surface area contributed by atoms with Crippen LogP contribution in [-0.2, 0) is 72.3 Å². The van der Waals surface area contributed by atoms with Gasteiger partial charge in [0.25, 0.3) is 0 Å². The van der Waals surface area contributed by atoms with Crippen molar-refractivity contribution in [1.82, 2.24) is 46.7 Å². The molecule has 7 amide bonds. The number of nitrogens with zero attached hydrogens (tertiary/aromatic N) is 2. The van der Waals surface area contributed by atoms with Crippen LogP contribution in [0.2, 0.25) is 0 Å². The minimum atomic E-state index is -1.28. The summed E-state index contributed by atoms with van der Waals surface area (Å²) in [6.45, 7) is 1.81. The van der Waals surface area contributed by atoms with Gasteiger partial charge in [0.15, 0.2) is 0 Å². The third-order valence-corrected chi connectivity index (χ3v) is 16.2. The van der Waals surface area contributed by atoms with E-state index in [0.717, 1.165) is 51.6 Å². The average molecular weight is 1110 g/mol. The molecule has 4 aliphatic rings. The molecule has 10 rings (SSSR count). The first-order valence-corrected chi connectivity index (χ1v) is 28.6. The number of nitrogens with one attached hydrogen (secondary N) is 7. The Labute approximate surface area is 476 Å². The van der Waals surface area contributed by atoms with Crippen molar-refractivity contribution in [3.05, 3.63) is 173 Å². The Kier molecular flexibility index (Phi) is 18.5. The molecule has 19 nitrogen and oxygen atoms in total. The molecule has 3 saturated heterocycles. The van der Waals surface area contributed by atoms with Gasteiger partial charge in [-0.3, -0.25) is 28.8 Å². The average Bonchev–Trinajstić information content (AvgIpc) is 4.30. The SMILES string of the molecule is NCCNC(=O)OC1C[C@H]2C(=O)N[C@@H](CCc3ccccc3)C(=O)N[C@H](Cc3c[nH]c4ccccc34)C(=O)N[C@@H](CC3CCNCC3)C(=O)N[C@@H](Cc3ccc(OCc4ccccc4)cc3)C(=O)N3Cc4ccccc4C[C@H]3C(=O)N2C1. The van der Waals surface area contributed by atoms with Crippen LogP contribution in [0.4, 0.5) is 4.79 Å². The molecule has 6 aromatic rings.